The number of nitrogens with zero attached hydrogens (tertiary/aromatic N) is 1. The molecule has 1 saturated heterocycles. The molecule has 7 nitrogen and oxygen atoms in total. The summed E-state index contributed by atoms with van der Waals surface area (Å²) in [6.45, 7) is 3.44. The quantitative estimate of drug-likeness (QED) is 0.841. The van der Waals surface area contributed by atoms with Crippen molar-refractivity contribution in [1.82, 2.24) is 10.2 Å². The lowest BCUT2D eigenvalue weighted by atomic mass is 10.1. The Labute approximate surface area is 146 Å². The highest BCUT2D eigenvalue weighted by atomic mass is 16.5. The number of morpholine rings is 1. The van der Waals surface area contributed by atoms with E-state index in [1.165, 1.54) is 0 Å². The van der Waals surface area contributed by atoms with Crippen LogP contribution >= 0.6 is 0 Å². The molecule has 2 aromatic rings. The summed E-state index contributed by atoms with van der Waals surface area (Å²) in [5.74, 6) is 1.53. The monoisotopic (exact) mass is 345 g/mol. The number of methoxy groups -OCH3 is 1. The molecular formula is C18H23N3O4. The van der Waals surface area contributed by atoms with E-state index in [1.54, 1.807) is 19.4 Å². The number of hydrogen-bond donors (Lipinski definition) is 2. The second-order valence-corrected chi connectivity index (χ2v) is 5.75. The molecule has 1 aliphatic heterocycles. The molecule has 0 saturated carbocycles. The van der Waals surface area contributed by atoms with E-state index in [4.69, 9.17) is 13.9 Å². The molecule has 134 valence electrons. The van der Waals surface area contributed by atoms with E-state index >= 15 is 0 Å². The minimum absolute atomic E-state index is 0.0186. The maximum atomic E-state index is 12.2. The lowest BCUT2D eigenvalue weighted by Gasteiger charge is -2.33. The first-order valence-corrected chi connectivity index (χ1v) is 8.30. The molecule has 1 aliphatic rings. The van der Waals surface area contributed by atoms with Crippen LogP contribution in [0, 0.1) is 0 Å². The number of hydrogen-bond acceptors (Lipinski definition) is 5. The molecule has 1 unspecified atom stereocenters. The molecule has 2 heterocycles. The number of anilines is 1. The van der Waals surface area contributed by atoms with Crippen LogP contribution in [0.3, 0.4) is 0 Å². The predicted molar refractivity (Wildman–Crippen MR) is 93.9 cm³/mol. The molecule has 0 radical (unpaired) electrons. The van der Waals surface area contributed by atoms with Gasteiger partial charge in [0, 0.05) is 31.4 Å². The van der Waals surface area contributed by atoms with Gasteiger partial charge in [0.1, 0.15) is 11.5 Å². The van der Waals surface area contributed by atoms with Crippen molar-refractivity contribution < 1.29 is 18.7 Å². The van der Waals surface area contributed by atoms with Crippen molar-refractivity contribution in [3.05, 3.63) is 48.4 Å². The zero-order valence-corrected chi connectivity index (χ0v) is 14.2. The number of amides is 2. The zero-order chi connectivity index (χ0) is 17.5. The third-order valence-corrected chi connectivity index (χ3v) is 4.14. The van der Waals surface area contributed by atoms with Crippen molar-refractivity contribution in [3.63, 3.8) is 0 Å². The molecule has 1 fully saturated rings. The average Bonchev–Trinajstić information content (AvgIpc) is 3.17. The minimum Gasteiger partial charge on any atom is -0.497 e. The van der Waals surface area contributed by atoms with Gasteiger partial charge < -0.3 is 24.5 Å². The van der Waals surface area contributed by atoms with Gasteiger partial charge in [0.25, 0.3) is 0 Å². The third kappa shape index (κ3) is 4.74. The minimum atomic E-state index is -0.266. The van der Waals surface area contributed by atoms with Crippen LogP contribution in [-0.4, -0.2) is 50.9 Å². The number of ether oxygens (including phenoxy) is 2. The van der Waals surface area contributed by atoms with Gasteiger partial charge >= 0.3 is 6.03 Å². The van der Waals surface area contributed by atoms with Crippen molar-refractivity contribution in [2.45, 2.75) is 6.04 Å². The standard InChI is InChI=1S/C18H23N3O4/c1-23-15-5-2-4-14(12-15)20-18(22)19-13-16(17-6-3-9-25-17)21-7-10-24-11-8-21/h2-6,9,12,16H,7-8,10-11,13H2,1H3,(H2,19,20,22). The van der Waals surface area contributed by atoms with Gasteiger partial charge in [-0.1, -0.05) is 6.07 Å². The molecule has 1 atom stereocenters. The Balaban J connectivity index is 1.59. The fourth-order valence-corrected chi connectivity index (χ4v) is 2.85. The number of rotatable bonds is 6. The zero-order valence-electron chi connectivity index (χ0n) is 14.2. The Morgan fingerprint density at radius 3 is 2.84 bits per heavy atom. The summed E-state index contributed by atoms with van der Waals surface area (Å²) in [4.78, 5) is 14.5. The predicted octanol–water partition coefficient (Wildman–Crippen LogP) is 2.48. The third-order valence-electron chi connectivity index (χ3n) is 4.14. The lowest BCUT2D eigenvalue weighted by Crippen LogP contribution is -2.44. The van der Waals surface area contributed by atoms with Gasteiger partial charge in [0.15, 0.2) is 0 Å². The lowest BCUT2D eigenvalue weighted by molar-refractivity contribution is 0.0124. The van der Waals surface area contributed by atoms with Crippen molar-refractivity contribution in [1.29, 1.82) is 0 Å². The van der Waals surface area contributed by atoms with Crippen molar-refractivity contribution in [2.24, 2.45) is 0 Å². The highest BCUT2D eigenvalue weighted by Crippen LogP contribution is 2.22. The van der Waals surface area contributed by atoms with E-state index in [0.717, 1.165) is 18.8 Å². The normalized spacial score (nSPS) is 16.2. The highest BCUT2D eigenvalue weighted by molar-refractivity contribution is 5.89. The van der Waals surface area contributed by atoms with Crippen LogP contribution in [0.1, 0.15) is 11.8 Å². The van der Waals surface area contributed by atoms with Gasteiger partial charge in [-0.25, -0.2) is 4.79 Å². The van der Waals surface area contributed by atoms with Crippen LogP contribution in [0.4, 0.5) is 10.5 Å². The van der Waals surface area contributed by atoms with Gasteiger partial charge in [-0.05, 0) is 24.3 Å². The Hall–Kier alpha value is -2.51. The van der Waals surface area contributed by atoms with Crippen LogP contribution < -0.4 is 15.4 Å². The van der Waals surface area contributed by atoms with Crippen molar-refractivity contribution >= 4 is 11.7 Å². The van der Waals surface area contributed by atoms with Crippen LogP contribution in [-0.2, 0) is 4.74 Å². The number of carbonyl (C=O) groups is 1. The summed E-state index contributed by atoms with van der Waals surface area (Å²) < 4.78 is 16.1. The molecule has 25 heavy (non-hydrogen) atoms. The molecule has 3 rings (SSSR count). The Bertz CT molecular complexity index is 669. The van der Waals surface area contributed by atoms with Gasteiger partial charge in [-0.15, -0.1) is 0 Å². The number of benzene rings is 1. The van der Waals surface area contributed by atoms with Gasteiger partial charge in [-0.2, -0.15) is 0 Å². The van der Waals surface area contributed by atoms with Crippen LogP contribution in [0.25, 0.3) is 0 Å². The molecular weight excluding hydrogens is 322 g/mol. The van der Waals surface area contributed by atoms with E-state index in [9.17, 15) is 4.79 Å². The average molecular weight is 345 g/mol. The summed E-state index contributed by atoms with van der Waals surface area (Å²) in [5, 5.41) is 5.74. The Morgan fingerprint density at radius 1 is 1.28 bits per heavy atom. The van der Waals surface area contributed by atoms with Gasteiger partial charge in [0.05, 0.1) is 32.6 Å². The van der Waals surface area contributed by atoms with E-state index in [0.29, 0.717) is 31.2 Å². The molecule has 2 N–H and O–H groups in total. The number of furan rings is 1. The fourth-order valence-electron chi connectivity index (χ4n) is 2.85. The largest absolute Gasteiger partial charge is 0.497 e. The first-order valence-electron chi connectivity index (χ1n) is 8.30. The topological polar surface area (TPSA) is 76.0 Å². The maximum absolute atomic E-state index is 12.2. The van der Waals surface area contributed by atoms with Gasteiger partial charge in [-0.3, -0.25) is 4.90 Å². The van der Waals surface area contributed by atoms with Crippen LogP contribution in [0.5, 0.6) is 5.75 Å². The first-order chi connectivity index (χ1) is 12.3. The van der Waals surface area contributed by atoms with E-state index < -0.39 is 0 Å². The summed E-state index contributed by atoms with van der Waals surface area (Å²) in [6, 6.07) is 10.7. The van der Waals surface area contributed by atoms with Crippen molar-refractivity contribution in [3.8, 4) is 5.75 Å². The fraction of sp³-hybridized carbons (Fsp3) is 0.389. The Morgan fingerprint density at radius 2 is 2.12 bits per heavy atom. The first kappa shape index (κ1) is 17.3. The molecule has 7 heteroatoms. The highest BCUT2D eigenvalue weighted by Gasteiger charge is 2.25. The smallest absolute Gasteiger partial charge is 0.319 e. The summed E-state index contributed by atoms with van der Waals surface area (Å²) in [5.41, 5.74) is 0.678. The van der Waals surface area contributed by atoms with Crippen molar-refractivity contribution in [2.75, 3.05) is 45.3 Å². The maximum Gasteiger partial charge on any atom is 0.319 e. The number of urea groups is 1. The van der Waals surface area contributed by atoms with E-state index in [-0.39, 0.29) is 12.1 Å². The number of carbonyl (C=O) groups excluding carboxylic acids is 1. The van der Waals surface area contributed by atoms with E-state index in [2.05, 4.69) is 15.5 Å². The summed E-state index contributed by atoms with van der Waals surface area (Å²) in [6.07, 6.45) is 1.65. The SMILES string of the molecule is COc1cccc(NC(=O)NCC(c2ccco2)N2CCOCC2)c1. The Kier molecular flexibility index (Phi) is 5.92. The molecule has 0 bridgehead atoms. The van der Waals surface area contributed by atoms with E-state index in [1.807, 2.05) is 30.3 Å². The molecule has 0 spiro atoms. The van der Waals surface area contributed by atoms with Crippen LogP contribution in [0.2, 0.25) is 0 Å². The van der Waals surface area contributed by atoms with Gasteiger partial charge in [0.2, 0.25) is 0 Å². The number of nitrogens with one attached hydrogen (secondary N) is 2. The van der Waals surface area contributed by atoms with Crippen LogP contribution in [0.15, 0.2) is 47.1 Å². The molecule has 1 aromatic heterocycles. The summed E-state index contributed by atoms with van der Waals surface area (Å²) in [7, 11) is 1.59. The second-order valence-electron chi connectivity index (χ2n) is 5.75. The molecule has 0 aliphatic carbocycles. The second kappa shape index (κ2) is 8.55. The molecule has 1 aromatic carbocycles. The molecule has 2 amide bonds. The summed E-state index contributed by atoms with van der Waals surface area (Å²) >= 11 is 0.